The standard InChI is InChI=1S/C43H57N2O16PS/c1-7-54-41(48)29(4)61-62(50,58-25-32-11-9-8-10-12-32)27-57-33-15-13-31(14-16-33)21-36(44-43(49)60-40-26-56-42-35(40)19-20-55-42)37(47)24-45(23-28(2)3)63(51,52)34-17-18-38(53-6)39(22-34)59-30(5)46/h8-18,22,28-29,35-37,40,42,47H,7,19-21,23-27H2,1-6H3,(H,44,49)/t29-,35-,36-,37+,40-,42+,62?/m0/s1. The Morgan fingerprint density at radius 2 is 1.70 bits per heavy atom. The maximum Gasteiger partial charge on any atom is 0.407 e. The van der Waals surface area contributed by atoms with Crippen LogP contribution in [0.3, 0.4) is 0 Å². The Kier molecular flexibility index (Phi) is 17.9. The molecule has 346 valence electrons. The van der Waals surface area contributed by atoms with Crippen molar-refractivity contribution in [3.05, 3.63) is 83.9 Å². The average Bonchev–Trinajstić information content (AvgIpc) is 3.87. The van der Waals surface area contributed by atoms with Gasteiger partial charge in [-0.25, -0.2) is 18.0 Å². The molecular weight excluding hydrogens is 864 g/mol. The summed E-state index contributed by atoms with van der Waals surface area (Å²) in [7, 11) is -7.04. The number of hydrogen-bond acceptors (Lipinski definition) is 16. The quantitative estimate of drug-likeness (QED) is 0.0687. The molecular formula is C43H57N2O16PS. The van der Waals surface area contributed by atoms with E-state index in [0.29, 0.717) is 18.6 Å². The van der Waals surface area contributed by atoms with E-state index in [0.717, 1.165) is 9.87 Å². The zero-order chi connectivity index (χ0) is 45.7. The molecule has 7 atom stereocenters. The third kappa shape index (κ3) is 14.2. The van der Waals surface area contributed by atoms with Gasteiger partial charge in [-0.05, 0) is 68.0 Å². The van der Waals surface area contributed by atoms with Crippen molar-refractivity contribution in [2.45, 2.75) is 89.6 Å². The van der Waals surface area contributed by atoms with Crippen LogP contribution in [-0.4, -0.2) is 113 Å². The van der Waals surface area contributed by atoms with Gasteiger partial charge in [-0.1, -0.05) is 56.3 Å². The van der Waals surface area contributed by atoms with Crippen molar-refractivity contribution in [1.82, 2.24) is 9.62 Å². The molecule has 18 nitrogen and oxygen atoms in total. The number of esters is 2. The van der Waals surface area contributed by atoms with Crippen molar-refractivity contribution in [1.29, 1.82) is 0 Å². The molecule has 2 aliphatic heterocycles. The van der Waals surface area contributed by atoms with E-state index in [2.05, 4.69) is 5.32 Å². The lowest BCUT2D eigenvalue weighted by Gasteiger charge is -2.31. The summed E-state index contributed by atoms with van der Waals surface area (Å²) in [4.78, 5) is 37.4. The van der Waals surface area contributed by atoms with Gasteiger partial charge in [0, 0.05) is 26.1 Å². The predicted octanol–water partition coefficient (Wildman–Crippen LogP) is 5.44. The number of benzene rings is 3. The molecule has 1 amide bonds. The second kappa shape index (κ2) is 22.9. The molecule has 0 bridgehead atoms. The second-order valence-electron chi connectivity index (χ2n) is 15.4. The van der Waals surface area contributed by atoms with Crippen LogP contribution >= 0.6 is 7.60 Å². The van der Waals surface area contributed by atoms with Gasteiger partial charge >= 0.3 is 25.6 Å². The SMILES string of the molecule is CCOC(=O)[C@H](C)OP(=O)(COc1ccc(C[C@H](NC(=O)O[C@H]2CO[C@H]3OCC[C@H]32)[C@H](O)CN(CC(C)C)S(=O)(=O)c2ccc(OC)c(OC(C)=O)c2)cc1)OCc1ccccc1. The normalized spacial score (nSPS) is 19.7. The zero-order valence-corrected chi connectivity index (χ0v) is 37.9. The van der Waals surface area contributed by atoms with Gasteiger partial charge in [0.2, 0.25) is 10.0 Å². The molecule has 0 spiro atoms. The van der Waals surface area contributed by atoms with E-state index >= 15 is 0 Å². The highest BCUT2D eigenvalue weighted by Crippen LogP contribution is 2.50. The van der Waals surface area contributed by atoms with Crippen molar-refractivity contribution in [3.63, 3.8) is 0 Å². The first-order chi connectivity index (χ1) is 30.0. The first-order valence-electron chi connectivity index (χ1n) is 20.6. The van der Waals surface area contributed by atoms with Gasteiger partial charge in [0.15, 0.2) is 30.2 Å². The molecule has 2 saturated heterocycles. The summed E-state index contributed by atoms with van der Waals surface area (Å²) in [6, 6.07) is 18.2. The predicted molar refractivity (Wildman–Crippen MR) is 227 cm³/mol. The topological polar surface area (TPSA) is 221 Å². The van der Waals surface area contributed by atoms with Gasteiger partial charge in [-0.2, -0.15) is 4.31 Å². The zero-order valence-electron chi connectivity index (χ0n) is 36.2. The first kappa shape index (κ1) is 49.4. The number of alkyl carbamates (subject to hydrolysis) is 1. The number of nitrogens with zero attached hydrogens (tertiary/aromatic N) is 1. The van der Waals surface area contributed by atoms with Gasteiger partial charge in [0.05, 0.1) is 56.5 Å². The van der Waals surface area contributed by atoms with E-state index in [1.165, 1.54) is 39.2 Å². The third-order valence-corrected chi connectivity index (χ3v) is 13.4. The minimum atomic E-state index is -4.33. The Labute approximate surface area is 367 Å². The molecule has 0 aliphatic carbocycles. The highest BCUT2D eigenvalue weighted by Gasteiger charge is 2.44. The van der Waals surface area contributed by atoms with E-state index in [1.54, 1.807) is 55.5 Å². The van der Waals surface area contributed by atoms with Crippen molar-refractivity contribution in [2.75, 3.05) is 46.4 Å². The van der Waals surface area contributed by atoms with Gasteiger partial charge in [0.25, 0.3) is 0 Å². The van der Waals surface area contributed by atoms with Gasteiger partial charge in [-0.3, -0.25) is 13.9 Å². The molecule has 0 radical (unpaired) electrons. The van der Waals surface area contributed by atoms with E-state index in [4.69, 9.17) is 42.2 Å². The van der Waals surface area contributed by atoms with Crippen LogP contribution in [0.15, 0.2) is 77.7 Å². The number of aliphatic hydroxyl groups excluding tert-OH is 1. The van der Waals surface area contributed by atoms with Crippen molar-refractivity contribution >= 4 is 35.7 Å². The number of ether oxygens (including phenoxy) is 7. The maximum atomic E-state index is 14.2. The molecule has 3 aromatic rings. The summed E-state index contributed by atoms with van der Waals surface area (Å²) in [5.74, 6) is -1.44. The highest BCUT2D eigenvalue weighted by atomic mass is 32.2. The van der Waals surface area contributed by atoms with Crippen LogP contribution in [-0.2, 0) is 65.2 Å². The number of carbonyl (C=O) groups is 3. The van der Waals surface area contributed by atoms with Crippen LogP contribution in [0.25, 0.3) is 0 Å². The number of methoxy groups -OCH3 is 1. The Morgan fingerprint density at radius 3 is 2.37 bits per heavy atom. The Balaban J connectivity index is 1.35. The number of amides is 1. The van der Waals surface area contributed by atoms with Crippen LogP contribution in [0.1, 0.15) is 52.2 Å². The van der Waals surface area contributed by atoms with Crippen molar-refractivity contribution < 1.29 is 74.7 Å². The lowest BCUT2D eigenvalue weighted by Crippen LogP contribution is -2.51. The lowest BCUT2D eigenvalue weighted by atomic mass is 10.0. The van der Waals surface area contributed by atoms with E-state index in [9.17, 15) is 32.5 Å². The number of fused-ring (bicyclic) bond motifs is 1. The largest absolute Gasteiger partial charge is 0.493 e. The van der Waals surface area contributed by atoms with Gasteiger partial charge < -0.3 is 48.1 Å². The number of hydrogen-bond donors (Lipinski definition) is 2. The molecule has 2 heterocycles. The summed E-state index contributed by atoms with van der Waals surface area (Å²) in [6.07, 6.45) is -4.52. The lowest BCUT2D eigenvalue weighted by molar-refractivity contribution is -0.151. The smallest absolute Gasteiger partial charge is 0.407 e. The molecule has 2 N–H and O–H groups in total. The number of carbonyl (C=O) groups excluding carboxylic acids is 3. The fourth-order valence-corrected chi connectivity index (χ4v) is 9.94. The summed E-state index contributed by atoms with van der Waals surface area (Å²) < 4.78 is 93.0. The van der Waals surface area contributed by atoms with Crippen LogP contribution in [0.4, 0.5) is 4.79 Å². The first-order valence-corrected chi connectivity index (χ1v) is 23.8. The van der Waals surface area contributed by atoms with Crippen LogP contribution in [0, 0.1) is 11.8 Å². The molecule has 3 aromatic carbocycles. The summed E-state index contributed by atoms with van der Waals surface area (Å²) in [5, 5.41) is 14.6. The molecule has 0 aromatic heterocycles. The molecule has 20 heteroatoms. The Hall–Kier alpha value is -4.59. The van der Waals surface area contributed by atoms with Gasteiger partial charge in [0.1, 0.15) is 11.9 Å². The van der Waals surface area contributed by atoms with Crippen LogP contribution in [0.2, 0.25) is 0 Å². The van der Waals surface area contributed by atoms with Crippen molar-refractivity contribution in [3.8, 4) is 17.2 Å². The second-order valence-corrected chi connectivity index (χ2v) is 19.3. The van der Waals surface area contributed by atoms with Crippen LogP contribution < -0.4 is 19.5 Å². The monoisotopic (exact) mass is 920 g/mol. The number of sulfonamides is 1. The Morgan fingerprint density at radius 1 is 0.968 bits per heavy atom. The maximum absolute atomic E-state index is 14.2. The van der Waals surface area contributed by atoms with E-state index in [1.807, 2.05) is 19.9 Å². The number of nitrogens with one attached hydrogen (secondary N) is 1. The molecule has 2 fully saturated rings. The molecule has 0 saturated carbocycles. The fourth-order valence-electron chi connectivity index (χ4n) is 6.89. The molecule has 2 aliphatic rings. The summed E-state index contributed by atoms with van der Waals surface area (Å²) in [6.45, 7) is 8.00. The summed E-state index contributed by atoms with van der Waals surface area (Å²) in [5.41, 5.74) is 1.31. The molecule has 1 unspecified atom stereocenters. The van der Waals surface area contributed by atoms with Gasteiger partial charge in [-0.15, -0.1) is 0 Å². The minimum Gasteiger partial charge on any atom is -0.493 e. The van der Waals surface area contributed by atoms with E-state index in [-0.39, 0.29) is 66.8 Å². The third-order valence-electron chi connectivity index (χ3n) is 9.97. The van der Waals surface area contributed by atoms with E-state index < -0.39 is 79.2 Å². The fraction of sp³-hybridized carbons (Fsp3) is 0.512. The number of aliphatic hydroxyl groups is 1. The molecule has 5 rings (SSSR count). The highest BCUT2D eigenvalue weighted by molar-refractivity contribution is 7.89. The Bertz CT molecular complexity index is 2140. The van der Waals surface area contributed by atoms with Crippen molar-refractivity contribution in [2.24, 2.45) is 11.8 Å². The average molecular weight is 921 g/mol. The minimum absolute atomic E-state index is 0.000422. The summed E-state index contributed by atoms with van der Waals surface area (Å²) >= 11 is 0. The number of rotatable bonds is 23. The van der Waals surface area contributed by atoms with Crippen LogP contribution in [0.5, 0.6) is 17.2 Å². The molecule has 63 heavy (non-hydrogen) atoms.